The van der Waals surface area contributed by atoms with Crippen LogP contribution in [-0.4, -0.2) is 16.7 Å². The standard InChI is InChI=1S/C14H21F2NO/c1-5-12(17-14(2,3)4)13(18)9-6-7-10(15)11(16)8-9/h6-8,12-13,17-18H,5H2,1-4H3. The highest BCUT2D eigenvalue weighted by atomic mass is 19.2. The number of hydrogen-bond acceptors (Lipinski definition) is 2. The van der Waals surface area contributed by atoms with E-state index in [1.54, 1.807) is 0 Å². The number of nitrogens with one attached hydrogen (secondary N) is 1. The predicted octanol–water partition coefficient (Wildman–Crippen LogP) is 3.16. The Morgan fingerprint density at radius 3 is 2.28 bits per heavy atom. The number of halogens is 2. The number of aliphatic hydroxyl groups excluding tert-OH is 1. The van der Waals surface area contributed by atoms with Crippen LogP contribution in [0.4, 0.5) is 8.78 Å². The lowest BCUT2D eigenvalue weighted by molar-refractivity contribution is 0.110. The Hall–Kier alpha value is -1.00. The van der Waals surface area contributed by atoms with Crippen LogP contribution in [0.25, 0.3) is 0 Å². The molecule has 0 saturated carbocycles. The van der Waals surface area contributed by atoms with Crippen LogP contribution in [0.3, 0.4) is 0 Å². The highest BCUT2D eigenvalue weighted by Gasteiger charge is 2.24. The van der Waals surface area contributed by atoms with Gasteiger partial charge in [0.25, 0.3) is 0 Å². The van der Waals surface area contributed by atoms with Gasteiger partial charge in [0, 0.05) is 11.6 Å². The molecule has 0 aliphatic carbocycles. The molecule has 0 spiro atoms. The van der Waals surface area contributed by atoms with E-state index in [9.17, 15) is 13.9 Å². The van der Waals surface area contributed by atoms with Crippen molar-refractivity contribution in [2.24, 2.45) is 0 Å². The van der Waals surface area contributed by atoms with Crippen molar-refractivity contribution in [2.75, 3.05) is 0 Å². The second kappa shape index (κ2) is 5.76. The minimum Gasteiger partial charge on any atom is -0.387 e. The van der Waals surface area contributed by atoms with Crippen LogP contribution in [-0.2, 0) is 0 Å². The molecule has 2 N–H and O–H groups in total. The monoisotopic (exact) mass is 257 g/mol. The number of aliphatic hydroxyl groups is 1. The van der Waals surface area contributed by atoms with Gasteiger partial charge < -0.3 is 10.4 Å². The molecule has 0 aliphatic rings. The van der Waals surface area contributed by atoms with Crippen molar-refractivity contribution in [1.29, 1.82) is 0 Å². The lowest BCUT2D eigenvalue weighted by Gasteiger charge is -2.31. The normalized spacial score (nSPS) is 15.5. The van der Waals surface area contributed by atoms with Crippen molar-refractivity contribution < 1.29 is 13.9 Å². The predicted molar refractivity (Wildman–Crippen MR) is 68.3 cm³/mol. The average Bonchev–Trinajstić information content (AvgIpc) is 2.27. The average molecular weight is 257 g/mol. The van der Waals surface area contributed by atoms with Gasteiger partial charge in [-0.2, -0.15) is 0 Å². The van der Waals surface area contributed by atoms with Crippen LogP contribution in [0, 0.1) is 11.6 Å². The van der Waals surface area contributed by atoms with E-state index >= 15 is 0 Å². The molecule has 2 unspecified atom stereocenters. The zero-order valence-corrected chi connectivity index (χ0v) is 11.3. The molecule has 1 aromatic carbocycles. The van der Waals surface area contributed by atoms with E-state index in [1.165, 1.54) is 6.07 Å². The van der Waals surface area contributed by atoms with E-state index in [2.05, 4.69) is 5.32 Å². The Morgan fingerprint density at radius 1 is 1.22 bits per heavy atom. The first kappa shape index (κ1) is 15.1. The maximum atomic E-state index is 13.1. The van der Waals surface area contributed by atoms with E-state index < -0.39 is 17.7 Å². The van der Waals surface area contributed by atoms with E-state index in [1.807, 2.05) is 27.7 Å². The molecule has 2 atom stereocenters. The largest absolute Gasteiger partial charge is 0.387 e. The highest BCUT2D eigenvalue weighted by molar-refractivity contribution is 5.21. The molecular formula is C14H21F2NO. The van der Waals surface area contributed by atoms with Crippen molar-refractivity contribution >= 4 is 0 Å². The van der Waals surface area contributed by atoms with E-state index in [0.717, 1.165) is 12.1 Å². The van der Waals surface area contributed by atoms with Crippen molar-refractivity contribution in [2.45, 2.75) is 51.8 Å². The fourth-order valence-corrected chi connectivity index (χ4v) is 1.89. The summed E-state index contributed by atoms with van der Waals surface area (Å²) in [6, 6.07) is 3.30. The van der Waals surface area contributed by atoms with E-state index in [-0.39, 0.29) is 11.6 Å². The van der Waals surface area contributed by atoms with Crippen molar-refractivity contribution in [1.82, 2.24) is 5.32 Å². The summed E-state index contributed by atoms with van der Waals surface area (Å²) < 4.78 is 26.0. The molecule has 0 aliphatic heterocycles. The maximum Gasteiger partial charge on any atom is 0.159 e. The topological polar surface area (TPSA) is 32.3 Å². The molecular weight excluding hydrogens is 236 g/mol. The first-order valence-corrected chi connectivity index (χ1v) is 6.15. The van der Waals surface area contributed by atoms with Crippen molar-refractivity contribution in [3.63, 3.8) is 0 Å². The van der Waals surface area contributed by atoms with Crippen molar-refractivity contribution in [3.05, 3.63) is 35.4 Å². The van der Waals surface area contributed by atoms with Crippen LogP contribution < -0.4 is 5.32 Å². The van der Waals surface area contributed by atoms with Gasteiger partial charge in [-0.15, -0.1) is 0 Å². The third-order valence-electron chi connectivity index (χ3n) is 2.72. The minimum atomic E-state index is -0.933. The lowest BCUT2D eigenvalue weighted by Crippen LogP contribution is -2.46. The molecule has 18 heavy (non-hydrogen) atoms. The van der Waals surface area contributed by atoms with E-state index in [4.69, 9.17) is 0 Å². The molecule has 0 heterocycles. The van der Waals surface area contributed by atoms with Gasteiger partial charge in [-0.3, -0.25) is 0 Å². The fourth-order valence-electron chi connectivity index (χ4n) is 1.89. The molecule has 0 bridgehead atoms. The van der Waals surface area contributed by atoms with Gasteiger partial charge >= 0.3 is 0 Å². The molecule has 1 rings (SSSR count). The molecule has 0 aromatic heterocycles. The molecule has 0 radical (unpaired) electrons. The smallest absolute Gasteiger partial charge is 0.159 e. The summed E-state index contributed by atoms with van der Waals surface area (Å²) in [5.41, 5.74) is 0.234. The molecule has 102 valence electrons. The Balaban J connectivity index is 2.89. The van der Waals surface area contributed by atoms with Crippen LogP contribution >= 0.6 is 0 Å². The van der Waals surface area contributed by atoms with Crippen LogP contribution in [0.15, 0.2) is 18.2 Å². The summed E-state index contributed by atoms with van der Waals surface area (Å²) in [6.07, 6.45) is -0.165. The lowest BCUT2D eigenvalue weighted by atomic mass is 9.97. The Bertz CT molecular complexity index is 401. The van der Waals surface area contributed by atoms with Gasteiger partial charge in [0.1, 0.15) is 0 Å². The van der Waals surface area contributed by atoms with Gasteiger partial charge in [0.05, 0.1) is 6.10 Å². The zero-order valence-electron chi connectivity index (χ0n) is 11.3. The Labute approximate surface area is 107 Å². The Morgan fingerprint density at radius 2 is 1.83 bits per heavy atom. The Kier molecular flexibility index (Phi) is 4.82. The van der Waals surface area contributed by atoms with Gasteiger partial charge in [-0.05, 0) is 44.9 Å². The first-order valence-electron chi connectivity index (χ1n) is 6.15. The number of hydrogen-bond donors (Lipinski definition) is 2. The zero-order chi connectivity index (χ0) is 13.9. The fraction of sp³-hybridized carbons (Fsp3) is 0.571. The van der Waals surface area contributed by atoms with Gasteiger partial charge in [0.2, 0.25) is 0 Å². The maximum absolute atomic E-state index is 13.1. The molecule has 0 saturated heterocycles. The number of benzene rings is 1. The van der Waals surface area contributed by atoms with E-state index in [0.29, 0.717) is 12.0 Å². The van der Waals surface area contributed by atoms with Crippen LogP contribution in [0.1, 0.15) is 45.8 Å². The molecule has 2 nitrogen and oxygen atoms in total. The minimum absolute atomic E-state index is 0.153. The molecule has 0 amide bonds. The second-order valence-electron chi connectivity index (χ2n) is 5.53. The first-order chi connectivity index (χ1) is 8.24. The third-order valence-corrected chi connectivity index (χ3v) is 2.72. The summed E-state index contributed by atoms with van der Waals surface area (Å²) in [7, 11) is 0. The third kappa shape index (κ3) is 4.03. The molecule has 4 heteroatoms. The van der Waals surface area contributed by atoms with Crippen molar-refractivity contribution in [3.8, 4) is 0 Å². The quantitative estimate of drug-likeness (QED) is 0.868. The van der Waals surface area contributed by atoms with Gasteiger partial charge in [-0.25, -0.2) is 8.78 Å². The summed E-state index contributed by atoms with van der Waals surface area (Å²) >= 11 is 0. The summed E-state index contributed by atoms with van der Waals surface area (Å²) in [6.45, 7) is 7.92. The summed E-state index contributed by atoms with van der Waals surface area (Å²) in [5, 5.41) is 13.5. The van der Waals surface area contributed by atoms with Crippen LogP contribution in [0.5, 0.6) is 0 Å². The highest BCUT2D eigenvalue weighted by Crippen LogP contribution is 2.22. The SMILES string of the molecule is CCC(NC(C)(C)C)C(O)c1ccc(F)c(F)c1. The summed E-state index contributed by atoms with van der Waals surface area (Å²) in [5.74, 6) is -1.83. The number of rotatable bonds is 4. The second-order valence-corrected chi connectivity index (χ2v) is 5.53. The van der Waals surface area contributed by atoms with Gasteiger partial charge in [0.15, 0.2) is 11.6 Å². The van der Waals surface area contributed by atoms with Gasteiger partial charge in [-0.1, -0.05) is 13.0 Å². The molecule has 0 fully saturated rings. The molecule has 1 aromatic rings. The van der Waals surface area contributed by atoms with Crippen LogP contribution in [0.2, 0.25) is 0 Å². The summed E-state index contributed by atoms with van der Waals surface area (Å²) in [4.78, 5) is 0.